The molecule has 4 rings (SSSR count). The molecule has 2 aromatic carbocycles. The van der Waals surface area contributed by atoms with E-state index in [0.29, 0.717) is 5.56 Å². The van der Waals surface area contributed by atoms with E-state index >= 15 is 0 Å². The van der Waals surface area contributed by atoms with Crippen molar-refractivity contribution >= 4 is 5.91 Å². The van der Waals surface area contributed by atoms with Crippen molar-refractivity contribution in [3.63, 3.8) is 0 Å². The third-order valence-corrected chi connectivity index (χ3v) is 5.76. The molecule has 30 heavy (non-hydrogen) atoms. The Kier molecular flexibility index (Phi) is 5.95. The van der Waals surface area contributed by atoms with Gasteiger partial charge in [0.1, 0.15) is 5.82 Å². The maximum Gasteiger partial charge on any atom is 0.252 e. The summed E-state index contributed by atoms with van der Waals surface area (Å²) in [6.07, 6.45) is 0.858. The second-order valence-electron chi connectivity index (χ2n) is 8.15. The van der Waals surface area contributed by atoms with E-state index in [0.717, 1.165) is 49.8 Å². The predicted molar refractivity (Wildman–Crippen MR) is 117 cm³/mol. The first-order valence-electron chi connectivity index (χ1n) is 10.6. The lowest BCUT2D eigenvalue weighted by Crippen LogP contribution is -2.30. The minimum absolute atomic E-state index is 0.0763. The van der Waals surface area contributed by atoms with Crippen LogP contribution in [0.3, 0.4) is 0 Å². The minimum Gasteiger partial charge on any atom is -0.342 e. The molecule has 1 atom stereocenters. The number of carbonyl (C=O) groups is 1. The van der Waals surface area contributed by atoms with Gasteiger partial charge in [0, 0.05) is 38.2 Å². The lowest BCUT2D eigenvalue weighted by Gasteiger charge is -2.20. The molecule has 1 N–H and O–H groups in total. The zero-order valence-corrected chi connectivity index (χ0v) is 17.9. The predicted octanol–water partition coefficient (Wildman–Crippen LogP) is 3.44. The Labute approximate surface area is 177 Å². The molecule has 0 radical (unpaired) electrons. The average molecular weight is 404 g/mol. The highest BCUT2D eigenvalue weighted by molar-refractivity contribution is 5.95. The number of amides is 1. The topological polar surface area (TPSA) is 63.1 Å². The van der Waals surface area contributed by atoms with E-state index < -0.39 is 0 Å². The molecule has 0 spiro atoms. The van der Waals surface area contributed by atoms with E-state index in [-0.39, 0.29) is 11.9 Å². The maximum absolute atomic E-state index is 12.7. The van der Waals surface area contributed by atoms with Crippen LogP contribution in [0.4, 0.5) is 0 Å². The van der Waals surface area contributed by atoms with Crippen LogP contribution in [0.5, 0.6) is 0 Å². The minimum atomic E-state index is -0.207. The van der Waals surface area contributed by atoms with Crippen LogP contribution in [0.25, 0.3) is 0 Å². The lowest BCUT2D eigenvalue weighted by molar-refractivity contribution is 0.0937. The number of benzene rings is 2. The van der Waals surface area contributed by atoms with E-state index in [2.05, 4.69) is 56.2 Å². The highest BCUT2D eigenvalue weighted by Crippen LogP contribution is 2.18. The van der Waals surface area contributed by atoms with E-state index in [4.69, 9.17) is 0 Å². The van der Waals surface area contributed by atoms with Crippen LogP contribution < -0.4 is 5.32 Å². The van der Waals surface area contributed by atoms with E-state index in [1.54, 1.807) is 0 Å². The van der Waals surface area contributed by atoms with Gasteiger partial charge < -0.3 is 9.88 Å². The largest absolute Gasteiger partial charge is 0.342 e. The quantitative estimate of drug-likeness (QED) is 0.709. The van der Waals surface area contributed by atoms with Gasteiger partial charge >= 0.3 is 0 Å². The summed E-state index contributed by atoms with van der Waals surface area (Å²) in [6.45, 7) is 9.71. The van der Waals surface area contributed by atoms with Crippen molar-refractivity contribution in [3.05, 3.63) is 82.4 Å². The number of aryl methyl sites for hydroxylation is 2. The van der Waals surface area contributed by atoms with Crippen LogP contribution in [0.2, 0.25) is 0 Å². The number of fused-ring (bicyclic) bond motifs is 1. The average Bonchev–Trinajstić information content (AvgIpc) is 3.03. The fourth-order valence-corrected chi connectivity index (χ4v) is 4.10. The van der Waals surface area contributed by atoms with E-state index in [1.807, 2.05) is 38.1 Å². The fraction of sp³-hybridized carbons (Fsp3) is 0.375. The van der Waals surface area contributed by atoms with Crippen LogP contribution in [-0.4, -0.2) is 38.7 Å². The van der Waals surface area contributed by atoms with Gasteiger partial charge in [0.15, 0.2) is 5.82 Å². The van der Waals surface area contributed by atoms with Gasteiger partial charge in [-0.2, -0.15) is 0 Å². The molecule has 0 fully saturated rings. The Morgan fingerprint density at radius 1 is 1.07 bits per heavy atom. The molecule has 0 saturated carbocycles. The van der Waals surface area contributed by atoms with Gasteiger partial charge in [-0.05, 0) is 38.0 Å². The fourth-order valence-electron chi connectivity index (χ4n) is 4.10. The van der Waals surface area contributed by atoms with Gasteiger partial charge in [-0.15, -0.1) is 10.2 Å². The van der Waals surface area contributed by atoms with Crippen LogP contribution in [0.1, 0.15) is 51.7 Å². The molecule has 156 valence electrons. The summed E-state index contributed by atoms with van der Waals surface area (Å²) in [5.41, 5.74) is 4.30. The van der Waals surface area contributed by atoms with Gasteiger partial charge in [0.2, 0.25) is 0 Å². The Bertz CT molecular complexity index is 1040. The monoisotopic (exact) mass is 403 g/mol. The molecule has 1 aliphatic rings. The Morgan fingerprint density at radius 2 is 1.90 bits per heavy atom. The third kappa shape index (κ3) is 4.44. The summed E-state index contributed by atoms with van der Waals surface area (Å²) < 4.78 is 2.18. The molecule has 6 heteroatoms. The van der Waals surface area contributed by atoms with Gasteiger partial charge in [0.05, 0.1) is 6.04 Å². The van der Waals surface area contributed by atoms with Crippen molar-refractivity contribution in [3.8, 4) is 0 Å². The number of hydrogen-bond donors (Lipinski definition) is 1. The standard InChI is InChI=1S/C24H29N5O/c1-17-7-6-9-20(15-17)16-28-12-11-22-26-27-23(29(22)14-13-28)19(3)25-24(30)21-10-5-4-8-18(21)2/h4-10,15,19H,11-14,16H2,1-3H3,(H,25,30). The Balaban J connectivity index is 1.43. The first-order valence-corrected chi connectivity index (χ1v) is 10.6. The molecular weight excluding hydrogens is 374 g/mol. The number of hydrogen-bond acceptors (Lipinski definition) is 4. The molecule has 3 aromatic rings. The second kappa shape index (κ2) is 8.79. The van der Waals surface area contributed by atoms with Crippen molar-refractivity contribution in [2.45, 2.75) is 46.3 Å². The van der Waals surface area contributed by atoms with E-state index in [1.165, 1.54) is 11.1 Å². The molecule has 2 heterocycles. The highest BCUT2D eigenvalue weighted by atomic mass is 16.1. The van der Waals surface area contributed by atoms with Gasteiger partial charge in [-0.3, -0.25) is 9.69 Å². The molecule has 0 bridgehead atoms. The van der Waals surface area contributed by atoms with Crippen molar-refractivity contribution in [1.29, 1.82) is 0 Å². The molecular formula is C24H29N5O. The summed E-state index contributed by atoms with van der Waals surface area (Å²) in [5.74, 6) is 1.74. The van der Waals surface area contributed by atoms with Crippen LogP contribution in [-0.2, 0) is 19.5 Å². The smallest absolute Gasteiger partial charge is 0.252 e. The number of carbonyl (C=O) groups excluding carboxylic acids is 1. The second-order valence-corrected chi connectivity index (χ2v) is 8.15. The third-order valence-electron chi connectivity index (χ3n) is 5.76. The maximum atomic E-state index is 12.7. The summed E-state index contributed by atoms with van der Waals surface area (Å²) >= 11 is 0. The molecule has 1 aliphatic heterocycles. The molecule has 1 amide bonds. The van der Waals surface area contributed by atoms with Gasteiger partial charge in [-0.25, -0.2) is 0 Å². The zero-order valence-electron chi connectivity index (χ0n) is 17.9. The first kappa shape index (κ1) is 20.3. The number of nitrogens with one attached hydrogen (secondary N) is 1. The number of rotatable bonds is 5. The van der Waals surface area contributed by atoms with Crippen molar-refractivity contribution in [2.24, 2.45) is 0 Å². The molecule has 6 nitrogen and oxygen atoms in total. The van der Waals surface area contributed by atoms with Crippen LogP contribution in [0, 0.1) is 13.8 Å². The number of aromatic nitrogens is 3. The summed E-state index contributed by atoms with van der Waals surface area (Å²) in [7, 11) is 0. The van der Waals surface area contributed by atoms with Crippen molar-refractivity contribution in [2.75, 3.05) is 13.1 Å². The normalized spacial score (nSPS) is 15.3. The SMILES string of the molecule is Cc1cccc(CN2CCc3nnc(C(C)NC(=O)c4ccccc4C)n3CC2)c1. The van der Waals surface area contributed by atoms with Gasteiger partial charge in [0.25, 0.3) is 5.91 Å². The number of nitrogens with zero attached hydrogens (tertiary/aromatic N) is 4. The molecule has 1 unspecified atom stereocenters. The lowest BCUT2D eigenvalue weighted by atomic mass is 10.1. The highest BCUT2D eigenvalue weighted by Gasteiger charge is 2.23. The van der Waals surface area contributed by atoms with Crippen molar-refractivity contribution < 1.29 is 4.79 Å². The summed E-state index contributed by atoms with van der Waals surface area (Å²) in [5, 5.41) is 11.9. The van der Waals surface area contributed by atoms with Crippen molar-refractivity contribution in [1.82, 2.24) is 25.0 Å². The first-order chi connectivity index (χ1) is 14.5. The van der Waals surface area contributed by atoms with Gasteiger partial charge in [-0.1, -0.05) is 48.0 Å². The van der Waals surface area contributed by atoms with Crippen LogP contribution in [0.15, 0.2) is 48.5 Å². The Morgan fingerprint density at radius 3 is 2.70 bits per heavy atom. The molecule has 1 aromatic heterocycles. The zero-order chi connectivity index (χ0) is 21.1. The molecule has 0 aliphatic carbocycles. The summed E-state index contributed by atoms with van der Waals surface area (Å²) in [4.78, 5) is 15.2. The molecule has 0 saturated heterocycles. The van der Waals surface area contributed by atoms with E-state index in [9.17, 15) is 4.79 Å². The summed E-state index contributed by atoms with van der Waals surface area (Å²) in [6, 6.07) is 16.1. The Hall–Kier alpha value is -2.99. The van der Waals surface area contributed by atoms with Crippen LogP contribution >= 0.6 is 0 Å².